The summed E-state index contributed by atoms with van der Waals surface area (Å²) >= 11 is 0. The molecule has 0 bridgehead atoms. The first-order valence-electron chi connectivity index (χ1n) is 6.25. The van der Waals surface area contributed by atoms with Gasteiger partial charge >= 0.3 is 0 Å². The molecular formula is C16H16N2O2. The SMILES string of the molecule is COc1ccc(C#CCN)cc1Cn1ccc(=O)cc1. The summed E-state index contributed by atoms with van der Waals surface area (Å²) in [7, 11) is 1.63. The van der Waals surface area contributed by atoms with E-state index in [0.717, 1.165) is 16.9 Å². The molecule has 1 aromatic heterocycles. The molecule has 2 N–H and O–H groups in total. The van der Waals surface area contributed by atoms with Crippen molar-refractivity contribution in [3.05, 3.63) is 64.1 Å². The second-order valence-corrected chi connectivity index (χ2v) is 4.24. The highest BCUT2D eigenvalue weighted by Gasteiger charge is 2.04. The largest absolute Gasteiger partial charge is 0.496 e. The maximum atomic E-state index is 11.1. The molecule has 4 heteroatoms. The Morgan fingerprint density at radius 3 is 2.65 bits per heavy atom. The lowest BCUT2D eigenvalue weighted by Crippen LogP contribution is -2.06. The zero-order valence-corrected chi connectivity index (χ0v) is 11.3. The molecule has 2 rings (SSSR count). The van der Waals surface area contributed by atoms with Crippen LogP contribution in [0.5, 0.6) is 5.75 Å². The molecule has 0 spiro atoms. The quantitative estimate of drug-likeness (QED) is 0.851. The molecule has 4 nitrogen and oxygen atoms in total. The van der Waals surface area contributed by atoms with Crippen LogP contribution >= 0.6 is 0 Å². The third-order valence-electron chi connectivity index (χ3n) is 2.83. The third-order valence-corrected chi connectivity index (χ3v) is 2.83. The highest BCUT2D eigenvalue weighted by molar-refractivity contribution is 5.44. The van der Waals surface area contributed by atoms with Crippen LogP contribution in [0.25, 0.3) is 0 Å². The van der Waals surface area contributed by atoms with Crippen LogP contribution < -0.4 is 15.9 Å². The summed E-state index contributed by atoms with van der Waals surface area (Å²) in [6.07, 6.45) is 3.50. The maximum Gasteiger partial charge on any atom is 0.181 e. The van der Waals surface area contributed by atoms with Crippen LogP contribution in [0.2, 0.25) is 0 Å². The average Bonchev–Trinajstić information content (AvgIpc) is 2.48. The summed E-state index contributed by atoms with van der Waals surface area (Å²) in [5.74, 6) is 6.62. The minimum Gasteiger partial charge on any atom is -0.496 e. The van der Waals surface area contributed by atoms with Crippen molar-refractivity contribution in [2.24, 2.45) is 5.73 Å². The zero-order valence-electron chi connectivity index (χ0n) is 11.3. The first-order chi connectivity index (χ1) is 9.72. The Bertz CT molecular complexity index is 688. The van der Waals surface area contributed by atoms with Gasteiger partial charge in [-0.05, 0) is 18.2 Å². The predicted molar refractivity (Wildman–Crippen MR) is 78.7 cm³/mol. The van der Waals surface area contributed by atoms with E-state index in [1.54, 1.807) is 19.5 Å². The van der Waals surface area contributed by atoms with Crippen LogP contribution in [0.4, 0.5) is 0 Å². The summed E-state index contributed by atoms with van der Waals surface area (Å²) < 4.78 is 7.27. The predicted octanol–water partition coefficient (Wildman–Crippen LogP) is 1.22. The van der Waals surface area contributed by atoms with Gasteiger partial charge in [0.1, 0.15) is 5.75 Å². The van der Waals surface area contributed by atoms with Crippen molar-refractivity contribution >= 4 is 0 Å². The maximum absolute atomic E-state index is 11.1. The fourth-order valence-corrected chi connectivity index (χ4v) is 1.88. The molecule has 0 aliphatic carbocycles. The fraction of sp³-hybridized carbons (Fsp3) is 0.188. The summed E-state index contributed by atoms with van der Waals surface area (Å²) in [6.45, 7) is 0.947. The number of pyridine rings is 1. The number of nitrogens with two attached hydrogens (primary N) is 1. The van der Waals surface area contributed by atoms with E-state index in [9.17, 15) is 4.79 Å². The number of rotatable bonds is 3. The summed E-state index contributed by atoms with van der Waals surface area (Å²) in [5, 5.41) is 0. The lowest BCUT2D eigenvalue weighted by atomic mass is 10.1. The number of ether oxygens (including phenoxy) is 1. The van der Waals surface area contributed by atoms with Crippen LogP contribution in [0.1, 0.15) is 11.1 Å². The van der Waals surface area contributed by atoms with Crippen molar-refractivity contribution in [3.8, 4) is 17.6 Å². The second-order valence-electron chi connectivity index (χ2n) is 4.24. The van der Waals surface area contributed by atoms with Gasteiger partial charge in [-0.15, -0.1) is 0 Å². The van der Waals surface area contributed by atoms with Gasteiger partial charge in [0.25, 0.3) is 0 Å². The normalized spacial score (nSPS) is 9.70. The number of aromatic nitrogens is 1. The van der Waals surface area contributed by atoms with Crippen LogP contribution in [0, 0.1) is 11.8 Å². The molecule has 0 amide bonds. The van der Waals surface area contributed by atoms with E-state index in [4.69, 9.17) is 10.5 Å². The van der Waals surface area contributed by atoms with Crippen LogP contribution in [-0.2, 0) is 6.54 Å². The van der Waals surface area contributed by atoms with E-state index < -0.39 is 0 Å². The highest BCUT2D eigenvalue weighted by atomic mass is 16.5. The molecule has 0 aliphatic rings. The van der Waals surface area contributed by atoms with Crippen molar-refractivity contribution in [2.45, 2.75) is 6.54 Å². The van der Waals surface area contributed by atoms with Crippen molar-refractivity contribution in [1.29, 1.82) is 0 Å². The van der Waals surface area contributed by atoms with Crippen LogP contribution in [0.15, 0.2) is 47.5 Å². The molecule has 102 valence electrons. The molecule has 0 radical (unpaired) electrons. The first-order valence-corrected chi connectivity index (χ1v) is 6.25. The van der Waals surface area contributed by atoms with Gasteiger partial charge in [0.05, 0.1) is 20.2 Å². The van der Waals surface area contributed by atoms with E-state index in [0.29, 0.717) is 13.1 Å². The van der Waals surface area contributed by atoms with Gasteiger partial charge < -0.3 is 15.0 Å². The minimum absolute atomic E-state index is 0.00391. The molecule has 1 heterocycles. The van der Waals surface area contributed by atoms with Crippen LogP contribution in [-0.4, -0.2) is 18.2 Å². The van der Waals surface area contributed by atoms with Gasteiger partial charge in [-0.25, -0.2) is 0 Å². The number of nitrogens with zero attached hydrogens (tertiary/aromatic N) is 1. The molecule has 0 atom stereocenters. The summed E-state index contributed by atoms with van der Waals surface area (Å²) in [5.41, 5.74) is 7.27. The summed E-state index contributed by atoms with van der Waals surface area (Å²) in [6, 6.07) is 8.82. The van der Waals surface area contributed by atoms with Crippen molar-refractivity contribution < 1.29 is 4.74 Å². The monoisotopic (exact) mass is 268 g/mol. The molecule has 0 saturated carbocycles. The highest BCUT2D eigenvalue weighted by Crippen LogP contribution is 2.20. The van der Waals surface area contributed by atoms with Crippen molar-refractivity contribution in [1.82, 2.24) is 4.57 Å². The van der Waals surface area contributed by atoms with Gasteiger partial charge in [-0.2, -0.15) is 0 Å². The topological polar surface area (TPSA) is 57.2 Å². The number of hydrogen-bond acceptors (Lipinski definition) is 3. The minimum atomic E-state index is -0.00391. The molecule has 20 heavy (non-hydrogen) atoms. The zero-order chi connectivity index (χ0) is 14.4. The van der Waals surface area contributed by atoms with Gasteiger partial charge in [-0.1, -0.05) is 11.8 Å². The molecule has 0 fully saturated rings. The fourth-order valence-electron chi connectivity index (χ4n) is 1.88. The Hall–Kier alpha value is -2.51. The van der Waals surface area contributed by atoms with E-state index in [1.165, 1.54) is 12.1 Å². The van der Waals surface area contributed by atoms with Gasteiger partial charge in [0.2, 0.25) is 0 Å². The Morgan fingerprint density at radius 2 is 2.00 bits per heavy atom. The van der Waals surface area contributed by atoms with E-state index >= 15 is 0 Å². The van der Waals surface area contributed by atoms with E-state index in [2.05, 4.69) is 11.8 Å². The van der Waals surface area contributed by atoms with Crippen LogP contribution in [0.3, 0.4) is 0 Å². The number of hydrogen-bond donors (Lipinski definition) is 1. The molecule has 0 aliphatic heterocycles. The third kappa shape index (κ3) is 3.50. The second kappa shape index (κ2) is 6.60. The Morgan fingerprint density at radius 1 is 1.25 bits per heavy atom. The Balaban J connectivity index is 2.32. The lowest BCUT2D eigenvalue weighted by Gasteiger charge is -2.11. The Kier molecular flexibility index (Phi) is 4.59. The first kappa shape index (κ1) is 13.9. The molecule has 1 aromatic carbocycles. The lowest BCUT2D eigenvalue weighted by molar-refractivity contribution is 0.408. The van der Waals surface area contributed by atoms with Gasteiger partial charge in [-0.3, -0.25) is 4.79 Å². The van der Waals surface area contributed by atoms with Crippen molar-refractivity contribution in [3.63, 3.8) is 0 Å². The summed E-state index contributed by atoms with van der Waals surface area (Å²) in [4.78, 5) is 11.1. The number of benzene rings is 1. The van der Waals surface area contributed by atoms with E-state index in [-0.39, 0.29) is 5.43 Å². The molecule has 0 saturated heterocycles. The smallest absolute Gasteiger partial charge is 0.181 e. The molecular weight excluding hydrogens is 252 g/mol. The van der Waals surface area contributed by atoms with Gasteiger partial charge in [0.15, 0.2) is 5.43 Å². The van der Waals surface area contributed by atoms with E-state index in [1.807, 2.05) is 22.8 Å². The Labute approximate surface area is 117 Å². The molecule has 0 unspecified atom stereocenters. The number of methoxy groups -OCH3 is 1. The van der Waals surface area contributed by atoms with Gasteiger partial charge in [0, 0.05) is 35.7 Å². The van der Waals surface area contributed by atoms with Crippen molar-refractivity contribution in [2.75, 3.05) is 13.7 Å². The standard InChI is InChI=1S/C16H16N2O2/c1-20-16-5-4-13(3-2-8-17)11-14(16)12-18-9-6-15(19)7-10-18/h4-7,9-11H,8,12,17H2,1H3. The molecule has 2 aromatic rings. The average molecular weight is 268 g/mol.